The van der Waals surface area contributed by atoms with Crippen LogP contribution in [0.5, 0.6) is 0 Å². The third kappa shape index (κ3) is 4.00. The van der Waals surface area contributed by atoms with Crippen molar-refractivity contribution in [1.29, 1.82) is 0 Å². The van der Waals surface area contributed by atoms with Crippen LogP contribution in [-0.2, 0) is 0 Å². The lowest BCUT2D eigenvalue weighted by Gasteiger charge is -2.28. The average Bonchev–Trinajstić information content (AvgIpc) is 2.75. The summed E-state index contributed by atoms with van der Waals surface area (Å²) in [5.41, 5.74) is 0. The number of carbonyl (C=O) groups excluding carboxylic acids is 1. The summed E-state index contributed by atoms with van der Waals surface area (Å²) >= 11 is 0. The van der Waals surface area contributed by atoms with Crippen molar-refractivity contribution < 1.29 is 4.79 Å². The number of hydrogen-bond donors (Lipinski definition) is 1. The Morgan fingerprint density at radius 3 is 2.69 bits per heavy atom. The minimum absolute atomic E-state index is 0.141. The quantitative estimate of drug-likeness (QED) is 0.773. The fourth-order valence-corrected chi connectivity index (χ4v) is 2.08. The number of unbranched alkanes of at least 4 members (excludes halogenated alkanes) is 1. The zero-order valence-corrected chi connectivity index (χ0v) is 10.8. The molecule has 1 heterocycles. The summed E-state index contributed by atoms with van der Waals surface area (Å²) in [6.07, 6.45) is 4.66. The molecule has 0 aromatic carbocycles. The van der Waals surface area contributed by atoms with Crippen LogP contribution in [0, 0.1) is 0 Å². The van der Waals surface area contributed by atoms with Gasteiger partial charge in [0.2, 0.25) is 0 Å². The highest BCUT2D eigenvalue weighted by atomic mass is 16.2. The van der Waals surface area contributed by atoms with Crippen molar-refractivity contribution >= 4 is 6.03 Å². The van der Waals surface area contributed by atoms with Crippen LogP contribution in [0.15, 0.2) is 0 Å². The van der Waals surface area contributed by atoms with E-state index in [4.69, 9.17) is 0 Å². The second-order valence-electron chi connectivity index (χ2n) is 4.77. The van der Waals surface area contributed by atoms with Gasteiger partial charge in [0, 0.05) is 33.2 Å². The maximum atomic E-state index is 12.0. The Labute approximate surface area is 99.0 Å². The first-order valence-electron chi connectivity index (χ1n) is 6.34. The van der Waals surface area contributed by atoms with Crippen molar-refractivity contribution in [2.75, 3.05) is 33.7 Å². The molecule has 0 aromatic rings. The summed E-state index contributed by atoms with van der Waals surface area (Å²) in [4.78, 5) is 15.6. The minimum Gasteiger partial charge on any atom is -0.331 e. The predicted molar refractivity (Wildman–Crippen MR) is 66.6 cm³/mol. The lowest BCUT2D eigenvalue weighted by Crippen LogP contribution is -2.45. The molecule has 94 valence electrons. The van der Waals surface area contributed by atoms with E-state index >= 15 is 0 Å². The highest BCUT2D eigenvalue weighted by Crippen LogP contribution is 2.09. The first kappa shape index (κ1) is 13.3. The van der Waals surface area contributed by atoms with E-state index in [1.165, 1.54) is 12.8 Å². The molecule has 1 fully saturated rings. The van der Waals surface area contributed by atoms with Crippen LogP contribution < -0.4 is 5.32 Å². The number of nitrogens with one attached hydrogen (secondary N) is 1. The minimum atomic E-state index is 0.141. The Kier molecular flexibility index (Phi) is 5.60. The molecular weight excluding hydrogens is 202 g/mol. The van der Waals surface area contributed by atoms with Gasteiger partial charge >= 0.3 is 6.03 Å². The van der Waals surface area contributed by atoms with Gasteiger partial charge in [0.25, 0.3) is 0 Å². The molecule has 0 spiro atoms. The van der Waals surface area contributed by atoms with Crippen LogP contribution in [-0.4, -0.2) is 55.6 Å². The molecule has 0 radical (unpaired) electrons. The summed E-state index contributed by atoms with van der Waals surface area (Å²) in [5, 5.41) is 3.44. The molecular formula is C12H25N3O. The lowest BCUT2D eigenvalue weighted by atomic mass is 10.2. The highest BCUT2D eigenvalue weighted by molar-refractivity contribution is 5.73. The van der Waals surface area contributed by atoms with Crippen LogP contribution in [0.1, 0.15) is 32.6 Å². The second-order valence-corrected chi connectivity index (χ2v) is 4.77. The number of amides is 2. The first-order valence-corrected chi connectivity index (χ1v) is 6.34. The molecule has 1 aliphatic rings. The molecule has 0 aromatic heterocycles. The van der Waals surface area contributed by atoms with Crippen molar-refractivity contribution in [3.8, 4) is 0 Å². The number of hydrogen-bond acceptors (Lipinski definition) is 2. The molecule has 4 nitrogen and oxygen atoms in total. The smallest absolute Gasteiger partial charge is 0.319 e. The van der Waals surface area contributed by atoms with Crippen molar-refractivity contribution in [3.05, 3.63) is 0 Å². The normalized spacial score (nSPS) is 19.8. The maximum Gasteiger partial charge on any atom is 0.319 e. The topological polar surface area (TPSA) is 35.6 Å². The molecule has 0 bridgehead atoms. The van der Waals surface area contributed by atoms with E-state index in [0.717, 1.165) is 32.5 Å². The van der Waals surface area contributed by atoms with E-state index in [0.29, 0.717) is 6.04 Å². The van der Waals surface area contributed by atoms with Gasteiger partial charge in [0.05, 0.1) is 0 Å². The lowest BCUT2D eigenvalue weighted by molar-refractivity contribution is 0.165. The van der Waals surface area contributed by atoms with E-state index in [2.05, 4.69) is 12.2 Å². The van der Waals surface area contributed by atoms with E-state index in [1.54, 1.807) is 4.90 Å². The van der Waals surface area contributed by atoms with E-state index in [9.17, 15) is 4.79 Å². The summed E-state index contributed by atoms with van der Waals surface area (Å²) < 4.78 is 0. The van der Waals surface area contributed by atoms with Crippen molar-refractivity contribution in [2.24, 2.45) is 0 Å². The molecule has 4 heteroatoms. The van der Waals surface area contributed by atoms with Gasteiger partial charge < -0.3 is 15.1 Å². The van der Waals surface area contributed by atoms with Gasteiger partial charge in [-0.3, -0.25) is 0 Å². The van der Waals surface area contributed by atoms with Gasteiger partial charge in [0.15, 0.2) is 0 Å². The molecule has 1 saturated heterocycles. The van der Waals surface area contributed by atoms with Gasteiger partial charge in [0.1, 0.15) is 0 Å². The standard InChI is InChI=1S/C12H25N3O/c1-4-5-9-15(12(16)14(2)3)10-11-7-6-8-13-11/h11,13H,4-10H2,1-3H3. The number of carbonyl (C=O) groups is 1. The summed E-state index contributed by atoms with van der Waals surface area (Å²) in [7, 11) is 3.65. The fraction of sp³-hybridized carbons (Fsp3) is 0.917. The third-order valence-electron chi connectivity index (χ3n) is 3.04. The van der Waals surface area contributed by atoms with E-state index in [-0.39, 0.29) is 6.03 Å². The zero-order valence-electron chi connectivity index (χ0n) is 10.8. The SMILES string of the molecule is CCCCN(CC1CCCN1)C(=O)N(C)C. The largest absolute Gasteiger partial charge is 0.331 e. The van der Waals surface area contributed by atoms with Gasteiger partial charge in [-0.1, -0.05) is 13.3 Å². The average molecular weight is 227 g/mol. The highest BCUT2D eigenvalue weighted by Gasteiger charge is 2.21. The molecule has 1 aliphatic heterocycles. The Hall–Kier alpha value is -0.770. The summed E-state index contributed by atoms with van der Waals surface area (Å²) in [6, 6.07) is 0.642. The van der Waals surface area contributed by atoms with Crippen LogP contribution >= 0.6 is 0 Å². The van der Waals surface area contributed by atoms with Gasteiger partial charge in [-0.05, 0) is 25.8 Å². The third-order valence-corrected chi connectivity index (χ3v) is 3.04. The number of rotatable bonds is 5. The molecule has 0 aliphatic carbocycles. The summed E-state index contributed by atoms with van der Waals surface area (Å²) in [6.45, 7) is 5.00. The van der Waals surface area contributed by atoms with Crippen LogP contribution in [0.25, 0.3) is 0 Å². The molecule has 1 N–H and O–H groups in total. The van der Waals surface area contributed by atoms with Gasteiger partial charge in [-0.2, -0.15) is 0 Å². The monoisotopic (exact) mass is 227 g/mol. The Balaban J connectivity index is 2.44. The van der Waals surface area contributed by atoms with Gasteiger partial charge in [-0.25, -0.2) is 4.79 Å². The molecule has 1 atom stereocenters. The number of nitrogens with zero attached hydrogens (tertiary/aromatic N) is 2. The van der Waals surface area contributed by atoms with E-state index in [1.807, 2.05) is 19.0 Å². The van der Waals surface area contributed by atoms with Crippen LogP contribution in [0.3, 0.4) is 0 Å². The van der Waals surface area contributed by atoms with Crippen molar-refractivity contribution in [3.63, 3.8) is 0 Å². The summed E-state index contributed by atoms with van der Waals surface area (Å²) in [5.74, 6) is 0. The van der Waals surface area contributed by atoms with Crippen molar-refractivity contribution in [2.45, 2.75) is 38.6 Å². The molecule has 16 heavy (non-hydrogen) atoms. The van der Waals surface area contributed by atoms with Gasteiger partial charge in [-0.15, -0.1) is 0 Å². The van der Waals surface area contributed by atoms with Crippen LogP contribution in [0.2, 0.25) is 0 Å². The first-order chi connectivity index (χ1) is 7.65. The van der Waals surface area contributed by atoms with Crippen molar-refractivity contribution in [1.82, 2.24) is 15.1 Å². The van der Waals surface area contributed by atoms with Crippen LogP contribution in [0.4, 0.5) is 4.79 Å². The zero-order chi connectivity index (χ0) is 12.0. The maximum absolute atomic E-state index is 12.0. The Morgan fingerprint density at radius 1 is 1.44 bits per heavy atom. The molecule has 1 rings (SSSR count). The molecule has 0 saturated carbocycles. The van der Waals surface area contributed by atoms with E-state index < -0.39 is 0 Å². The molecule has 2 amide bonds. The number of urea groups is 1. The molecule has 1 unspecified atom stereocenters. The fourth-order valence-electron chi connectivity index (χ4n) is 2.08. The Bertz CT molecular complexity index is 212. The Morgan fingerprint density at radius 2 is 2.19 bits per heavy atom. The predicted octanol–water partition coefficient (Wildman–Crippen LogP) is 1.52. The second kappa shape index (κ2) is 6.74.